The van der Waals surface area contributed by atoms with Gasteiger partial charge in [-0.25, -0.2) is 4.79 Å². The van der Waals surface area contributed by atoms with E-state index in [1.165, 1.54) is 0 Å². The van der Waals surface area contributed by atoms with Gasteiger partial charge < -0.3 is 9.84 Å². The molecule has 0 aromatic heterocycles. The largest absolute Gasteiger partial charge is 1.00 e. The Bertz CT molecular complexity index is 262. The third-order valence-corrected chi connectivity index (χ3v) is 1.42. The molecule has 1 N–H and O–H groups in total. The van der Waals surface area contributed by atoms with Crippen molar-refractivity contribution in [2.24, 2.45) is 0 Å². The molecule has 0 aliphatic rings. The number of carbonyl (C=O) groups is 1. The second-order valence-electron chi connectivity index (χ2n) is 2.93. The number of carboxylic acid groups (broad SMARTS) is 1. The van der Waals surface area contributed by atoms with Crippen LogP contribution in [-0.2, 0) is 9.53 Å². The van der Waals surface area contributed by atoms with Crippen molar-refractivity contribution >= 4 is 5.97 Å². The Morgan fingerprint density at radius 3 is 2.25 bits per heavy atom. The summed E-state index contributed by atoms with van der Waals surface area (Å²) in [5.41, 5.74) is 1.07. The summed E-state index contributed by atoms with van der Waals surface area (Å²) in [6, 6.07) is 9.87. The summed E-state index contributed by atoms with van der Waals surface area (Å²) in [5.74, 6) is -0.904. The van der Waals surface area contributed by atoms with E-state index in [0.717, 1.165) is 12.0 Å². The van der Waals surface area contributed by atoms with Gasteiger partial charge in [-0.05, 0) is 6.42 Å². The number of rotatable bonds is 4. The molecule has 0 saturated heterocycles. The van der Waals surface area contributed by atoms with E-state index in [4.69, 9.17) is 5.11 Å². The Labute approximate surface area is 109 Å². The number of hydrogen-bond donors (Lipinski definition) is 1. The molecule has 0 aliphatic heterocycles. The molecule has 0 aliphatic carbocycles. The van der Waals surface area contributed by atoms with Crippen LogP contribution >= 0.6 is 0 Å². The summed E-state index contributed by atoms with van der Waals surface area (Å²) >= 11 is 0. The Morgan fingerprint density at radius 2 is 1.94 bits per heavy atom. The number of hydrogen-bond acceptors (Lipinski definition) is 2. The van der Waals surface area contributed by atoms with Crippen LogP contribution in [0.2, 0.25) is 0 Å². The van der Waals surface area contributed by atoms with Crippen molar-refractivity contribution in [3.05, 3.63) is 42.8 Å². The van der Waals surface area contributed by atoms with E-state index in [0.29, 0.717) is 6.61 Å². The molecule has 4 heteroatoms. The van der Waals surface area contributed by atoms with Gasteiger partial charge in [0.05, 0.1) is 0 Å². The standard InChI is InChI=1S/C7H7.C5H10O3.Li/c1-7-5-3-2-4-6-7;1-2-3-8-4-5(6)7;/h2-6H,1H2;2-4H2,1H3,(H,6,7);/q-1;;+1. The van der Waals surface area contributed by atoms with Crippen LogP contribution in [0.1, 0.15) is 18.9 Å². The second-order valence-corrected chi connectivity index (χ2v) is 2.93. The Balaban J connectivity index is 0. The fourth-order valence-electron chi connectivity index (χ4n) is 0.782. The average molecular weight is 216 g/mol. The first-order valence-corrected chi connectivity index (χ1v) is 4.83. The first kappa shape index (κ1) is 17.5. The smallest absolute Gasteiger partial charge is 0.480 e. The van der Waals surface area contributed by atoms with E-state index in [2.05, 4.69) is 11.7 Å². The molecular formula is C12H17LiO3. The van der Waals surface area contributed by atoms with Gasteiger partial charge in [-0.3, -0.25) is 0 Å². The third kappa shape index (κ3) is 13.1. The normalized spacial score (nSPS) is 8.31. The van der Waals surface area contributed by atoms with Gasteiger partial charge in [-0.1, -0.05) is 13.0 Å². The van der Waals surface area contributed by atoms with Crippen molar-refractivity contribution in [2.45, 2.75) is 13.3 Å². The minimum atomic E-state index is -0.904. The molecule has 0 fully saturated rings. The minimum absolute atomic E-state index is 0. The molecular weight excluding hydrogens is 199 g/mol. The molecule has 1 aromatic rings. The van der Waals surface area contributed by atoms with Crippen LogP contribution in [0, 0.1) is 6.92 Å². The van der Waals surface area contributed by atoms with E-state index in [1.54, 1.807) is 0 Å². The summed E-state index contributed by atoms with van der Waals surface area (Å²) in [4.78, 5) is 9.75. The van der Waals surface area contributed by atoms with E-state index < -0.39 is 5.97 Å². The van der Waals surface area contributed by atoms with Crippen LogP contribution in [0.5, 0.6) is 0 Å². The molecule has 1 rings (SSSR count). The Kier molecular flexibility index (Phi) is 13.3. The number of carboxylic acids is 1. The van der Waals surface area contributed by atoms with E-state index in [-0.39, 0.29) is 25.5 Å². The molecule has 16 heavy (non-hydrogen) atoms. The van der Waals surface area contributed by atoms with Gasteiger partial charge in [-0.15, -0.1) is 12.1 Å². The van der Waals surface area contributed by atoms with Crippen molar-refractivity contribution in [2.75, 3.05) is 13.2 Å². The van der Waals surface area contributed by atoms with E-state index in [1.807, 2.05) is 37.3 Å². The van der Waals surface area contributed by atoms with Gasteiger partial charge in [0.2, 0.25) is 0 Å². The molecule has 0 radical (unpaired) electrons. The molecule has 0 amide bonds. The van der Waals surface area contributed by atoms with Gasteiger partial charge in [0.1, 0.15) is 6.61 Å². The third-order valence-electron chi connectivity index (χ3n) is 1.42. The minimum Gasteiger partial charge on any atom is -0.480 e. The summed E-state index contributed by atoms with van der Waals surface area (Å²) in [6.07, 6.45) is 0.868. The van der Waals surface area contributed by atoms with Gasteiger partial charge in [0, 0.05) is 6.61 Å². The van der Waals surface area contributed by atoms with Crippen LogP contribution in [0.15, 0.2) is 30.3 Å². The Hall–Kier alpha value is -0.883. The van der Waals surface area contributed by atoms with Crippen LogP contribution in [0.3, 0.4) is 0 Å². The molecule has 84 valence electrons. The summed E-state index contributed by atoms with van der Waals surface area (Å²) in [5, 5.41) is 8.02. The quantitative estimate of drug-likeness (QED) is 0.414. The van der Waals surface area contributed by atoms with Crippen molar-refractivity contribution in [1.82, 2.24) is 0 Å². The summed E-state index contributed by atoms with van der Waals surface area (Å²) < 4.78 is 4.64. The maximum absolute atomic E-state index is 9.75. The van der Waals surface area contributed by atoms with Crippen molar-refractivity contribution in [3.8, 4) is 0 Å². The second kappa shape index (κ2) is 12.2. The number of benzene rings is 1. The fraction of sp³-hybridized carbons (Fsp3) is 0.333. The number of ether oxygens (including phenoxy) is 1. The van der Waals surface area contributed by atoms with Crippen molar-refractivity contribution in [3.63, 3.8) is 0 Å². The zero-order valence-electron chi connectivity index (χ0n) is 9.98. The molecule has 3 nitrogen and oxygen atoms in total. The SMILES string of the molecule is CCCOCC(=O)O.[CH2-]c1ccccc1.[Li+]. The Morgan fingerprint density at radius 1 is 1.38 bits per heavy atom. The zero-order valence-corrected chi connectivity index (χ0v) is 9.98. The van der Waals surface area contributed by atoms with Crippen molar-refractivity contribution in [1.29, 1.82) is 0 Å². The molecule has 0 spiro atoms. The maximum Gasteiger partial charge on any atom is 1.00 e. The summed E-state index contributed by atoms with van der Waals surface area (Å²) in [7, 11) is 0. The average Bonchev–Trinajstić information content (AvgIpc) is 2.20. The molecule has 1 aromatic carbocycles. The molecule has 0 heterocycles. The molecule has 0 atom stereocenters. The van der Waals surface area contributed by atoms with Crippen LogP contribution in [0.4, 0.5) is 0 Å². The van der Waals surface area contributed by atoms with Gasteiger partial charge in [0.25, 0.3) is 0 Å². The molecule has 0 bridgehead atoms. The monoisotopic (exact) mass is 216 g/mol. The number of aliphatic carboxylic acids is 1. The van der Waals surface area contributed by atoms with Crippen LogP contribution < -0.4 is 18.9 Å². The van der Waals surface area contributed by atoms with E-state index in [9.17, 15) is 4.79 Å². The van der Waals surface area contributed by atoms with Crippen LogP contribution in [0.25, 0.3) is 0 Å². The van der Waals surface area contributed by atoms with Crippen molar-refractivity contribution < 1.29 is 33.5 Å². The van der Waals surface area contributed by atoms with Gasteiger partial charge in [-0.2, -0.15) is 24.6 Å². The predicted octanol–water partition coefficient (Wildman–Crippen LogP) is -0.630. The predicted molar refractivity (Wildman–Crippen MR) is 59.6 cm³/mol. The van der Waals surface area contributed by atoms with E-state index >= 15 is 0 Å². The first-order valence-electron chi connectivity index (χ1n) is 4.83. The summed E-state index contributed by atoms with van der Waals surface area (Å²) in [6.45, 7) is 6.01. The zero-order chi connectivity index (χ0) is 11.5. The molecule has 0 saturated carbocycles. The van der Waals surface area contributed by atoms with Gasteiger partial charge in [0.15, 0.2) is 0 Å². The molecule has 0 unspecified atom stereocenters. The maximum atomic E-state index is 9.75. The van der Waals surface area contributed by atoms with Gasteiger partial charge >= 0.3 is 24.8 Å². The topological polar surface area (TPSA) is 46.5 Å². The first-order chi connectivity index (χ1) is 7.16. The van der Waals surface area contributed by atoms with Crippen LogP contribution in [-0.4, -0.2) is 24.3 Å². The fourth-order valence-corrected chi connectivity index (χ4v) is 0.782.